The highest BCUT2D eigenvalue weighted by molar-refractivity contribution is 6.46. The molecule has 40 heavy (non-hydrogen) atoms. The largest absolute Gasteiger partial charge is 0.507 e. The van der Waals surface area contributed by atoms with Crippen LogP contribution in [0.2, 0.25) is 0 Å². The lowest BCUT2D eigenvalue weighted by Crippen LogP contribution is -2.29. The number of amides is 1. The van der Waals surface area contributed by atoms with E-state index < -0.39 is 17.7 Å². The van der Waals surface area contributed by atoms with E-state index in [1.54, 1.807) is 12.0 Å². The van der Waals surface area contributed by atoms with Gasteiger partial charge in [0.2, 0.25) is 0 Å². The summed E-state index contributed by atoms with van der Waals surface area (Å²) < 4.78 is 11.4. The summed E-state index contributed by atoms with van der Waals surface area (Å²) >= 11 is 0. The number of nitrogens with zero attached hydrogens (tertiary/aromatic N) is 1. The van der Waals surface area contributed by atoms with Crippen molar-refractivity contribution in [3.05, 3.63) is 99.6 Å². The number of hydrogen-bond acceptors (Lipinski definition) is 5. The van der Waals surface area contributed by atoms with E-state index >= 15 is 0 Å². The third-order valence-electron chi connectivity index (χ3n) is 7.21. The maximum atomic E-state index is 13.6. The molecule has 210 valence electrons. The van der Waals surface area contributed by atoms with Gasteiger partial charge in [-0.05, 0) is 72.2 Å². The molecule has 0 saturated carbocycles. The van der Waals surface area contributed by atoms with Crippen LogP contribution in [0.4, 0.5) is 0 Å². The van der Waals surface area contributed by atoms with Gasteiger partial charge >= 0.3 is 0 Å². The quantitative estimate of drug-likeness (QED) is 0.178. The van der Waals surface area contributed by atoms with Crippen molar-refractivity contribution in [1.29, 1.82) is 0 Å². The molecule has 0 bridgehead atoms. The van der Waals surface area contributed by atoms with Gasteiger partial charge < -0.3 is 19.5 Å². The number of carbonyl (C=O) groups is 2. The van der Waals surface area contributed by atoms with Crippen LogP contribution in [0.25, 0.3) is 5.76 Å². The van der Waals surface area contributed by atoms with Crippen molar-refractivity contribution in [2.24, 2.45) is 5.92 Å². The molecular formula is C34H39NO5. The molecule has 6 nitrogen and oxygen atoms in total. The van der Waals surface area contributed by atoms with Crippen molar-refractivity contribution in [2.75, 3.05) is 13.7 Å². The third-order valence-corrected chi connectivity index (χ3v) is 7.21. The molecule has 0 radical (unpaired) electrons. The predicted molar refractivity (Wildman–Crippen MR) is 158 cm³/mol. The van der Waals surface area contributed by atoms with Gasteiger partial charge in [0, 0.05) is 12.1 Å². The summed E-state index contributed by atoms with van der Waals surface area (Å²) in [6.45, 7) is 12.9. The van der Waals surface area contributed by atoms with E-state index in [4.69, 9.17) is 9.47 Å². The van der Waals surface area contributed by atoms with Crippen LogP contribution < -0.4 is 9.47 Å². The number of methoxy groups -OCH3 is 1. The van der Waals surface area contributed by atoms with Gasteiger partial charge in [0.05, 0.1) is 25.3 Å². The van der Waals surface area contributed by atoms with Crippen LogP contribution in [0.5, 0.6) is 11.5 Å². The molecule has 1 heterocycles. The lowest BCUT2D eigenvalue weighted by atomic mass is 9.90. The van der Waals surface area contributed by atoms with Crippen LogP contribution in [0, 0.1) is 19.8 Å². The number of aliphatic hydroxyl groups excluding tert-OH is 1. The van der Waals surface area contributed by atoms with Crippen molar-refractivity contribution in [2.45, 2.75) is 60.0 Å². The minimum atomic E-state index is -0.735. The van der Waals surface area contributed by atoms with Crippen molar-refractivity contribution in [1.82, 2.24) is 4.90 Å². The topological polar surface area (TPSA) is 76.1 Å². The Balaban J connectivity index is 1.81. The summed E-state index contributed by atoms with van der Waals surface area (Å²) in [7, 11) is 1.62. The average Bonchev–Trinajstić information content (AvgIpc) is 3.16. The van der Waals surface area contributed by atoms with Gasteiger partial charge in [-0.3, -0.25) is 9.59 Å². The molecule has 1 unspecified atom stereocenters. The van der Waals surface area contributed by atoms with Crippen LogP contribution in [0.15, 0.2) is 66.2 Å². The maximum absolute atomic E-state index is 13.6. The molecule has 0 aromatic heterocycles. The Morgan fingerprint density at radius 2 is 1.68 bits per heavy atom. The first-order valence-corrected chi connectivity index (χ1v) is 13.8. The van der Waals surface area contributed by atoms with E-state index in [0.717, 1.165) is 39.3 Å². The van der Waals surface area contributed by atoms with E-state index in [1.165, 1.54) is 0 Å². The molecule has 1 aliphatic heterocycles. The fourth-order valence-corrected chi connectivity index (χ4v) is 5.11. The van der Waals surface area contributed by atoms with Crippen LogP contribution in [0.1, 0.15) is 73.0 Å². The molecule has 6 heteroatoms. The minimum Gasteiger partial charge on any atom is -0.507 e. The first kappa shape index (κ1) is 28.9. The highest BCUT2D eigenvalue weighted by Gasteiger charge is 2.46. The van der Waals surface area contributed by atoms with Gasteiger partial charge in [-0.2, -0.15) is 0 Å². The first-order chi connectivity index (χ1) is 19.0. The zero-order chi connectivity index (χ0) is 29.1. The van der Waals surface area contributed by atoms with Crippen molar-refractivity contribution in [3.8, 4) is 11.5 Å². The lowest BCUT2D eigenvalue weighted by molar-refractivity contribution is -0.140. The Morgan fingerprint density at radius 1 is 0.975 bits per heavy atom. The number of Topliss-reactive ketones (excluding diaryl/α,β-unsaturated/α-hetero) is 1. The number of ketones is 1. The monoisotopic (exact) mass is 541 g/mol. The second-order valence-corrected chi connectivity index (χ2v) is 11.3. The summed E-state index contributed by atoms with van der Waals surface area (Å²) in [5, 5.41) is 11.7. The first-order valence-electron chi connectivity index (χ1n) is 13.8. The minimum absolute atomic E-state index is 0.0930. The van der Waals surface area contributed by atoms with Gasteiger partial charge in [-0.1, -0.05) is 69.7 Å². The number of hydrogen-bond donors (Lipinski definition) is 1. The van der Waals surface area contributed by atoms with E-state index in [-0.39, 0.29) is 23.8 Å². The Bertz CT molecular complexity index is 1440. The highest BCUT2D eigenvalue weighted by atomic mass is 16.5. The molecule has 1 saturated heterocycles. The maximum Gasteiger partial charge on any atom is 0.295 e. The smallest absolute Gasteiger partial charge is 0.295 e. The zero-order valence-electron chi connectivity index (χ0n) is 24.4. The number of aliphatic hydroxyl groups is 1. The molecular weight excluding hydrogens is 502 g/mol. The Hall–Kier alpha value is -4.06. The Labute approximate surface area is 237 Å². The number of ether oxygens (including phenoxy) is 2. The molecule has 3 aromatic rings. The van der Waals surface area contributed by atoms with E-state index in [9.17, 15) is 14.7 Å². The lowest BCUT2D eigenvalue weighted by Gasteiger charge is -2.26. The molecule has 3 aromatic carbocycles. The summed E-state index contributed by atoms with van der Waals surface area (Å²) in [6.07, 6.45) is 0. The van der Waals surface area contributed by atoms with Crippen LogP contribution >= 0.6 is 0 Å². The zero-order valence-corrected chi connectivity index (χ0v) is 24.4. The van der Waals surface area contributed by atoms with Crippen LogP contribution in [-0.4, -0.2) is 35.4 Å². The normalized spacial score (nSPS) is 16.7. The third kappa shape index (κ3) is 5.91. The predicted octanol–water partition coefficient (Wildman–Crippen LogP) is 7.09. The summed E-state index contributed by atoms with van der Waals surface area (Å²) in [4.78, 5) is 28.7. The number of aryl methyl sites for hydroxylation is 2. The molecule has 0 spiro atoms. The van der Waals surface area contributed by atoms with Gasteiger partial charge in [0.1, 0.15) is 17.3 Å². The highest BCUT2D eigenvalue weighted by Crippen LogP contribution is 2.42. The van der Waals surface area contributed by atoms with Crippen LogP contribution in [0.3, 0.4) is 0 Å². The standard InChI is InChI=1S/C34H39NO5/c1-20(2)19-40-26-13-11-24(12-14-26)18-35-31(25-10-8-9-22(5)15-25)30(33(37)34(35)38)32(36)28-17-27(21(3)4)29(39-7)16-23(28)6/h8-17,20-21,31,36H,18-19H2,1-7H3/b32-30+. The number of carbonyl (C=O) groups excluding carboxylic acids is 2. The van der Waals surface area contributed by atoms with Crippen molar-refractivity contribution < 1.29 is 24.2 Å². The molecule has 1 N–H and O–H groups in total. The molecule has 1 amide bonds. The van der Waals surface area contributed by atoms with E-state index in [2.05, 4.69) is 13.8 Å². The second-order valence-electron chi connectivity index (χ2n) is 11.3. The summed E-state index contributed by atoms with van der Waals surface area (Å²) in [6, 6.07) is 18.3. The fraction of sp³-hybridized carbons (Fsp3) is 0.353. The molecule has 1 fully saturated rings. The Kier molecular flexibility index (Phi) is 8.67. The van der Waals surface area contributed by atoms with Gasteiger partial charge in [-0.25, -0.2) is 0 Å². The molecule has 1 atom stereocenters. The summed E-state index contributed by atoms with van der Waals surface area (Å²) in [5.74, 6) is 0.514. The van der Waals surface area contributed by atoms with E-state index in [0.29, 0.717) is 18.1 Å². The number of rotatable bonds is 9. The van der Waals surface area contributed by atoms with Gasteiger partial charge in [-0.15, -0.1) is 0 Å². The molecule has 1 aliphatic rings. The number of benzene rings is 3. The second kappa shape index (κ2) is 12.0. The Morgan fingerprint density at radius 3 is 2.27 bits per heavy atom. The average molecular weight is 542 g/mol. The van der Waals surface area contributed by atoms with E-state index in [1.807, 2.05) is 88.4 Å². The fourth-order valence-electron chi connectivity index (χ4n) is 5.11. The van der Waals surface area contributed by atoms with Crippen LogP contribution in [-0.2, 0) is 16.1 Å². The molecule has 4 rings (SSSR count). The molecule has 0 aliphatic carbocycles. The van der Waals surface area contributed by atoms with Crippen molar-refractivity contribution in [3.63, 3.8) is 0 Å². The SMILES string of the molecule is COc1cc(C)c(/C(O)=C2\C(=O)C(=O)N(Cc3ccc(OCC(C)C)cc3)C2c2cccc(C)c2)cc1C(C)C. The van der Waals surface area contributed by atoms with Crippen molar-refractivity contribution >= 4 is 17.4 Å². The summed E-state index contributed by atoms with van der Waals surface area (Å²) in [5.41, 5.74) is 4.91. The number of likely N-dealkylation sites (tertiary alicyclic amines) is 1. The van der Waals surface area contributed by atoms with Gasteiger partial charge in [0.15, 0.2) is 0 Å². The van der Waals surface area contributed by atoms with Gasteiger partial charge in [0.25, 0.3) is 11.7 Å².